The van der Waals surface area contributed by atoms with E-state index < -0.39 is 0 Å². The van der Waals surface area contributed by atoms with Crippen LogP contribution in [0.15, 0.2) is 84.9 Å². The summed E-state index contributed by atoms with van der Waals surface area (Å²) < 4.78 is 0. The monoisotopic (exact) mass is 507 g/mol. The Morgan fingerprint density at radius 2 is 1.18 bits per heavy atom. The van der Waals surface area contributed by atoms with Gasteiger partial charge < -0.3 is 0 Å². The van der Waals surface area contributed by atoms with Crippen molar-refractivity contribution in [3.63, 3.8) is 0 Å². The molecule has 0 amide bonds. The SMILES string of the molecule is Cc1ccc2c(c1)C1(c3c[c-]ccc3-2)c2ccccc2-c2ccccc21.[Y].[Y]. The molecule has 2 heteroatoms. The molecule has 0 aliphatic heterocycles. The topological polar surface area (TPSA) is 0 Å². The summed E-state index contributed by atoms with van der Waals surface area (Å²) in [5.41, 5.74) is 12.0. The van der Waals surface area contributed by atoms with Gasteiger partial charge in [0.2, 0.25) is 0 Å². The molecule has 0 saturated heterocycles. The molecule has 2 radical (unpaired) electrons. The van der Waals surface area contributed by atoms with Crippen molar-refractivity contribution in [1.82, 2.24) is 0 Å². The molecular weight excluding hydrogens is 490 g/mol. The largest absolute Gasteiger partial charge is 0.183 e. The van der Waals surface area contributed by atoms with Crippen molar-refractivity contribution < 1.29 is 65.4 Å². The van der Waals surface area contributed by atoms with Crippen LogP contribution in [0.25, 0.3) is 22.3 Å². The van der Waals surface area contributed by atoms with Crippen LogP contribution in [0.4, 0.5) is 0 Å². The van der Waals surface area contributed by atoms with E-state index in [-0.39, 0.29) is 70.8 Å². The third-order valence-corrected chi connectivity index (χ3v) is 6.09. The zero-order chi connectivity index (χ0) is 17.3. The molecule has 4 aromatic rings. The van der Waals surface area contributed by atoms with Gasteiger partial charge in [-0.25, -0.2) is 0 Å². The summed E-state index contributed by atoms with van der Waals surface area (Å²) in [4.78, 5) is 0. The Morgan fingerprint density at radius 3 is 1.86 bits per heavy atom. The van der Waals surface area contributed by atoms with E-state index in [1.807, 2.05) is 6.07 Å². The molecule has 0 heterocycles. The first-order chi connectivity index (χ1) is 12.8. The summed E-state index contributed by atoms with van der Waals surface area (Å²) in [5, 5.41) is 0. The van der Waals surface area contributed by atoms with Gasteiger partial charge in [0.15, 0.2) is 0 Å². The molecule has 28 heavy (non-hydrogen) atoms. The third-order valence-electron chi connectivity index (χ3n) is 6.09. The van der Waals surface area contributed by atoms with Gasteiger partial charge in [-0.05, 0) is 40.3 Å². The number of hydrogen-bond acceptors (Lipinski definition) is 0. The molecule has 0 fully saturated rings. The van der Waals surface area contributed by atoms with Crippen molar-refractivity contribution in [2.75, 3.05) is 0 Å². The van der Waals surface area contributed by atoms with Crippen molar-refractivity contribution in [3.05, 3.63) is 119 Å². The van der Waals surface area contributed by atoms with Crippen LogP contribution in [0.3, 0.4) is 0 Å². The van der Waals surface area contributed by atoms with Crippen LogP contribution in [0.5, 0.6) is 0 Å². The van der Waals surface area contributed by atoms with Gasteiger partial charge in [0.25, 0.3) is 0 Å². The van der Waals surface area contributed by atoms with Gasteiger partial charge in [-0.15, -0.1) is 11.1 Å². The quantitative estimate of drug-likeness (QED) is 0.217. The molecule has 0 nitrogen and oxygen atoms in total. The van der Waals surface area contributed by atoms with Gasteiger partial charge in [-0.1, -0.05) is 72.3 Å². The fourth-order valence-electron chi connectivity index (χ4n) is 5.14. The minimum absolute atomic E-state index is 0. The first-order valence-electron chi connectivity index (χ1n) is 9.13. The summed E-state index contributed by atoms with van der Waals surface area (Å²) >= 11 is 0. The van der Waals surface area contributed by atoms with Gasteiger partial charge in [0, 0.05) is 70.8 Å². The molecule has 2 aliphatic carbocycles. The summed E-state index contributed by atoms with van der Waals surface area (Å²) in [7, 11) is 0. The number of aryl methyl sites for hydroxylation is 1. The van der Waals surface area contributed by atoms with Crippen LogP contribution in [-0.2, 0) is 70.8 Å². The van der Waals surface area contributed by atoms with Crippen LogP contribution >= 0.6 is 0 Å². The molecule has 0 saturated carbocycles. The van der Waals surface area contributed by atoms with Crippen LogP contribution in [0, 0.1) is 13.0 Å². The molecule has 0 unspecified atom stereocenters. The Kier molecular flexibility index (Phi) is 5.39. The fourth-order valence-corrected chi connectivity index (χ4v) is 5.14. The van der Waals surface area contributed by atoms with E-state index >= 15 is 0 Å². The van der Waals surface area contributed by atoms with Crippen LogP contribution in [-0.4, -0.2) is 0 Å². The number of fused-ring (bicyclic) bond motifs is 10. The third kappa shape index (κ3) is 2.45. The van der Waals surface area contributed by atoms with E-state index in [1.54, 1.807) is 0 Å². The Labute approximate surface area is 216 Å². The minimum atomic E-state index is -0.221. The van der Waals surface area contributed by atoms with E-state index in [1.165, 1.54) is 50.1 Å². The molecule has 2 aliphatic rings. The second-order valence-corrected chi connectivity index (χ2v) is 7.36. The maximum atomic E-state index is 3.36. The van der Waals surface area contributed by atoms with Crippen molar-refractivity contribution in [2.45, 2.75) is 12.3 Å². The fraction of sp³-hybridized carbons (Fsp3) is 0.0769. The molecular formula is C26H17Y2-. The number of hydrogen-bond donors (Lipinski definition) is 0. The average Bonchev–Trinajstić information content (AvgIpc) is 3.15. The predicted octanol–water partition coefficient (Wildman–Crippen LogP) is 6.13. The van der Waals surface area contributed by atoms with Crippen molar-refractivity contribution in [3.8, 4) is 22.3 Å². The maximum Gasteiger partial charge on any atom is 0.0281 e. The van der Waals surface area contributed by atoms with Gasteiger partial charge >= 0.3 is 0 Å². The molecule has 0 N–H and O–H groups in total. The smallest absolute Gasteiger partial charge is 0.0281 e. The Balaban J connectivity index is 0.000000961. The Morgan fingerprint density at radius 1 is 0.607 bits per heavy atom. The van der Waals surface area contributed by atoms with Gasteiger partial charge in [0.1, 0.15) is 0 Å². The van der Waals surface area contributed by atoms with E-state index in [4.69, 9.17) is 0 Å². The van der Waals surface area contributed by atoms with Crippen LogP contribution in [0.1, 0.15) is 27.8 Å². The van der Waals surface area contributed by atoms with Gasteiger partial charge in [-0.2, -0.15) is 24.3 Å². The van der Waals surface area contributed by atoms with Gasteiger partial charge in [-0.3, -0.25) is 0 Å². The average molecular weight is 507 g/mol. The predicted molar refractivity (Wildman–Crippen MR) is 106 cm³/mol. The zero-order valence-electron chi connectivity index (χ0n) is 15.7. The minimum Gasteiger partial charge on any atom is -0.183 e. The summed E-state index contributed by atoms with van der Waals surface area (Å²) in [6.45, 7) is 2.19. The maximum absolute atomic E-state index is 3.36. The summed E-state index contributed by atoms with van der Waals surface area (Å²) in [6, 6.07) is 34.5. The normalized spacial score (nSPS) is 13.6. The van der Waals surface area contributed by atoms with Crippen molar-refractivity contribution in [2.24, 2.45) is 0 Å². The number of benzene rings is 4. The standard InChI is InChI=1S/C26H17.2Y/c1-17-14-15-21-20-10-4-7-13-24(20)26(25(21)16-17)22-11-5-2-8-18(22)19-9-3-6-12-23(19)26;;/h2-6,8-16H,1H3;;/q-1;;. The van der Waals surface area contributed by atoms with Crippen molar-refractivity contribution >= 4 is 0 Å². The first kappa shape index (κ1) is 20.4. The molecule has 0 atom stereocenters. The number of rotatable bonds is 0. The molecule has 6 rings (SSSR count). The Hall–Kier alpha value is -0.912. The van der Waals surface area contributed by atoms with E-state index in [0.29, 0.717) is 0 Å². The second-order valence-electron chi connectivity index (χ2n) is 7.36. The van der Waals surface area contributed by atoms with Crippen molar-refractivity contribution in [1.29, 1.82) is 0 Å². The summed E-state index contributed by atoms with van der Waals surface area (Å²) in [6.07, 6.45) is 0. The first-order valence-corrected chi connectivity index (χ1v) is 9.13. The molecule has 128 valence electrons. The molecule has 4 aromatic carbocycles. The van der Waals surface area contributed by atoms with Crippen LogP contribution in [0.2, 0.25) is 0 Å². The van der Waals surface area contributed by atoms with Crippen LogP contribution < -0.4 is 0 Å². The Bertz CT molecular complexity index is 1140. The zero-order valence-corrected chi connectivity index (χ0v) is 21.4. The van der Waals surface area contributed by atoms with E-state index in [0.717, 1.165) is 0 Å². The molecule has 1 spiro atoms. The van der Waals surface area contributed by atoms with E-state index in [2.05, 4.69) is 91.9 Å². The van der Waals surface area contributed by atoms with Gasteiger partial charge in [0.05, 0.1) is 0 Å². The molecule has 0 aromatic heterocycles. The second kappa shape index (κ2) is 7.41. The van der Waals surface area contributed by atoms with E-state index in [9.17, 15) is 0 Å². The summed E-state index contributed by atoms with van der Waals surface area (Å²) in [5.74, 6) is 0. The molecule has 0 bridgehead atoms.